The number of nitrogens with one attached hydrogen (secondary N) is 2. The number of pyridine rings is 1. The molecule has 4 rings (SSSR count). The lowest BCUT2D eigenvalue weighted by Crippen LogP contribution is -2.38. The summed E-state index contributed by atoms with van der Waals surface area (Å²) in [6, 6.07) is 14.5. The zero-order valence-corrected chi connectivity index (χ0v) is 16.3. The Morgan fingerprint density at radius 3 is 2.62 bits per heavy atom. The zero-order chi connectivity index (χ0) is 20.4. The van der Waals surface area contributed by atoms with E-state index in [-0.39, 0.29) is 23.9 Å². The van der Waals surface area contributed by atoms with Crippen LogP contribution < -0.4 is 5.32 Å². The SMILES string of the molecule is CC(=O)N[C@H]1C[C@@H](c2nc(-c3ccccc3)n[nH]2)N(C(=O)c2cccc(C)n2)C1. The Kier molecular flexibility index (Phi) is 5.07. The summed E-state index contributed by atoms with van der Waals surface area (Å²) in [5, 5.41) is 10.2. The molecule has 2 amide bonds. The van der Waals surface area contributed by atoms with Crippen molar-refractivity contribution in [2.24, 2.45) is 0 Å². The number of aryl methyl sites for hydroxylation is 1. The number of rotatable bonds is 4. The maximum atomic E-state index is 13.2. The molecule has 148 valence electrons. The van der Waals surface area contributed by atoms with Crippen molar-refractivity contribution in [1.29, 1.82) is 0 Å². The van der Waals surface area contributed by atoms with Gasteiger partial charge in [-0.3, -0.25) is 14.7 Å². The number of carbonyl (C=O) groups is 2. The van der Waals surface area contributed by atoms with E-state index in [0.717, 1.165) is 11.3 Å². The number of hydrogen-bond donors (Lipinski definition) is 2. The van der Waals surface area contributed by atoms with E-state index in [2.05, 4.69) is 25.5 Å². The fourth-order valence-electron chi connectivity index (χ4n) is 3.66. The molecule has 1 aromatic carbocycles. The lowest BCUT2D eigenvalue weighted by atomic mass is 10.1. The highest BCUT2D eigenvalue weighted by Gasteiger charge is 2.39. The molecule has 2 atom stereocenters. The van der Waals surface area contributed by atoms with Crippen LogP contribution in [0.5, 0.6) is 0 Å². The van der Waals surface area contributed by atoms with E-state index in [1.807, 2.05) is 49.4 Å². The second kappa shape index (κ2) is 7.83. The highest BCUT2D eigenvalue weighted by atomic mass is 16.2. The average molecular weight is 390 g/mol. The quantitative estimate of drug-likeness (QED) is 0.711. The number of carbonyl (C=O) groups excluding carboxylic acids is 2. The summed E-state index contributed by atoms with van der Waals surface area (Å²) in [5.41, 5.74) is 2.04. The van der Waals surface area contributed by atoms with Gasteiger partial charge in [0.2, 0.25) is 5.91 Å². The van der Waals surface area contributed by atoms with E-state index < -0.39 is 0 Å². The highest BCUT2D eigenvalue weighted by molar-refractivity contribution is 5.93. The Balaban J connectivity index is 1.64. The molecule has 1 aliphatic heterocycles. The number of aromatic nitrogens is 4. The van der Waals surface area contributed by atoms with Gasteiger partial charge in [0.25, 0.3) is 5.91 Å². The predicted octanol–water partition coefficient (Wildman–Crippen LogP) is 2.27. The van der Waals surface area contributed by atoms with E-state index in [4.69, 9.17) is 0 Å². The van der Waals surface area contributed by atoms with E-state index in [1.54, 1.807) is 11.0 Å². The van der Waals surface area contributed by atoms with E-state index in [0.29, 0.717) is 30.3 Å². The molecule has 0 spiro atoms. The van der Waals surface area contributed by atoms with Gasteiger partial charge in [0.15, 0.2) is 5.82 Å². The maximum absolute atomic E-state index is 13.2. The third-order valence-corrected chi connectivity index (χ3v) is 4.93. The Morgan fingerprint density at radius 2 is 1.90 bits per heavy atom. The van der Waals surface area contributed by atoms with Crippen LogP contribution in [0.3, 0.4) is 0 Å². The van der Waals surface area contributed by atoms with E-state index in [9.17, 15) is 9.59 Å². The molecule has 2 N–H and O–H groups in total. The van der Waals surface area contributed by atoms with Crippen LogP contribution in [-0.4, -0.2) is 49.5 Å². The molecule has 0 radical (unpaired) electrons. The van der Waals surface area contributed by atoms with Crippen LogP contribution in [0.25, 0.3) is 11.4 Å². The first-order valence-corrected chi connectivity index (χ1v) is 9.50. The van der Waals surface area contributed by atoms with Crippen molar-refractivity contribution in [3.8, 4) is 11.4 Å². The Labute approximate surface area is 168 Å². The van der Waals surface area contributed by atoms with Gasteiger partial charge in [-0.05, 0) is 25.5 Å². The third kappa shape index (κ3) is 4.01. The molecule has 3 aromatic rings. The van der Waals surface area contributed by atoms with Crippen molar-refractivity contribution >= 4 is 11.8 Å². The fourth-order valence-corrected chi connectivity index (χ4v) is 3.66. The van der Waals surface area contributed by atoms with Crippen LogP contribution in [0.2, 0.25) is 0 Å². The number of aromatic amines is 1. The Morgan fingerprint density at radius 1 is 1.10 bits per heavy atom. The van der Waals surface area contributed by atoms with Gasteiger partial charge in [-0.25, -0.2) is 9.97 Å². The van der Waals surface area contributed by atoms with Crippen LogP contribution in [0, 0.1) is 6.92 Å². The minimum atomic E-state index is -0.327. The first kappa shape index (κ1) is 18.8. The molecule has 8 heteroatoms. The summed E-state index contributed by atoms with van der Waals surface area (Å²) in [6.07, 6.45) is 0.556. The molecule has 1 fully saturated rings. The molecule has 3 heterocycles. The predicted molar refractivity (Wildman–Crippen MR) is 107 cm³/mol. The third-order valence-electron chi connectivity index (χ3n) is 4.93. The molecule has 29 heavy (non-hydrogen) atoms. The summed E-state index contributed by atoms with van der Waals surface area (Å²) >= 11 is 0. The molecule has 0 saturated carbocycles. The minimum Gasteiger partial charge on any atom is -0.352 e. The standard InChI is InChI=1S/C21H22N6O2/c1-13-7-6-10-17(22-13)21(29)27-12-16(23-14(2)28)11-18(27)20-24-19(25-26-20)15-8-4-3-5-9-15/h3-10,16,18H,11-12H2,1-2H3,(H,23,28)(H,24,25,26)/t16-,18-/m0/s1. The van der Waals surface area contributed by atoms with Crippen LogP contribution in [0.4, 0.5) is 0 Å². The van der Waals surface area contributed by atoms with Crippen LogP contribution in [0.15, 0.2) is 48.5 Å². The van der Waals surface area contributed by atoms with Crippen LogP contribution in [-0.2, 0) is 4.79 Å². The van der Waals surface area contributed by atoms with Crippen molar-refractivity contribution < 1.29 is 9.59 Å². The summed E-state index contributed by atoms with van der Waals surface area (Å²) < 4.78 is 0. The van der Waals surface area contributed by atoms with Crippen molar-refractivity contribution in [3.05, 3.63) is 65.7 Å². The smallest absolute Gasteiger partial charge is 0.273 e. The second-order valence-corrected chi connectivity index (χ2v) is 7.18. The van der Waals surface area contributed by atoms with Gasteiger partial charge >= 0.3 is 0 Å². The molecule has 1 aliphatic rings. The fraction of sp³-hybridized carbons (Fsp3) is 0.286. The van der Waals surface area contributed by atoms with Crippen molar-refractivity contribution in [1.82, 2.24) is 30.4 Å². The zero-order valence-electron chi connectivity index (χ0n) is 16.3. The van der Waals surface area contributed by atoms with Crippen molar-refractivity contribution in [2.75, 3.05) is 6.54 Å². The largest absolute Gasteiger partial charge is 0.352 e. The van der Waals surface area contributed by atoms with Gasteiger partial charge in [-0.15, -0.1) is 0 Å². The number of nitrogens with zero attached hydrogens (tertiary/aromatic N) is 4. The molecule has 2 aromatic heterocycles. The first-order chi connectivity index (χ1) is 14.0. The molecule has 0 unspecified atom stereocenters. The highest BCUT2D eigenvalue weighted by Crippen LogP contribution is 2.32. The Bertz CT molecular complexity index is 1030. The van der Waals surface area contributed by atoms with Gasteiger partial charge in [0.1, 0.15) is 11.5 Å². The molecular formula is C21H22N6O2. The molecule has 0 bridgehead atoms. The molecular weight excluding hydrogens is 368 g/mol. The average Bonchev–Trinajstić information content (AvgIpc) is 3.35. The summed E-state index contributed by atoms with van der Waals surface area (Å²) in [4.78, 5) is 35.4. The number of H-pyrrole nitrogens is 1. The lowest BCUT2D eigenvalue weighted by molar-refractivity contribution is -0.119. The van der Waals surface area contributed by atoms with Gasteiger partial charge < -0.3 is 10.2 Å². The first-order valence-electron chi connectivity index (χ1n) is 9.50. The second-order valence-electron chi connectivity index (χ2n) is 7.18. The van der Waals surface area contributed by atoms with Crippen molar-refractivity contribution in [3.63, 3.8) is 0 Å². The van der Waals surface area contributed by atoms with Gasteiger partial charge in [-0.2, -0.15) is 5.10 Å². The summed E-state index contributed by atoms with van der Waals surface area (Å²) in [5.74, 6) is 0.853. The Hall–Kier alpha value is -3.55. The number of likely N-dealkylation sites (tertiary alicyclic amines) is 1. The summed E-state index contributed by atoms with van der Waals surface area (Å²) in [7, 11) is 0. The molecule has 0 aliphatic carbocycles. The van der Waals surface area contributed by atoms with Gasteiger partial charge in [0.05, 0.1) is 6.04 Å². The van der Waals surface area contributed by atoms with Crippen molar-refractivity contribution in [2.45, 2.75) is 32.4 Å². The van der Waals surface area contributed by atoms with Crippen LogP contribution in [0.1, 0.15) is 41.4 Å². The lowest BCUT2D eigenvalue weighted by Gasteiger charge is -2.22. The number of amides is 2. The normalized spacial score (nSPS) is 18.6. The number of benzene rings is 1. The van der Waals surface area contributed by atoms with Gasteiger partial charge in [-0.1, -0.05) is 36.4 Å². The maximum Gasteiger partial charge on any atom is 0.273 e. The monoisotopic (exact) mass is 390 g/mol. The van der Waals surface area contributed by atoms with Gasteiger partial charge in [0, 0.05) is 30.8 Å². The molecule has 1 saturated heterocycles. The number of hydrogen-bond acceptors (Lipinski definition) is 5. The summed E-state index contributed by atoms with van der Waals surface area (Å²) in [6.45, 7) is 3.71. The van der Waals surface area contributed by atoms with E-state index in [1.165, 1.54) is 6.92 Å². The molecule has 8 nitrogen and oxygen atoms in total. The van der Waals surface area contributed by atoms with E-state index >= 15 is 0 Å². The van der Waals surface area contributed by atoms with Crippen LogP contribution >= 0.6 is 0 Å². The minimum absolute atomic E-state index is 0.126. The topological polar surface area (TPSA) is 104 Å².